The van der Waals surface area contributed by atoms with Gasteiger partial charge in [-0.2, -0.15) is 0 Å². The van der Waals surface area contributed by atoms with E-state index in [1.54, 1.807) is 0 Å². The third-order valence-corrected chi connectivity index (χ3v) is 3.72. The summed E-state index contributed by atoms with van der Waals surface area (Å²) in [6.45, 7) is 1.84. The van der Waals surface area contributed by atoms with Crippen molar-refractivity contribution in [3.63, 3.8) is 0 Å². The molecule has 2 rings (SSSR count). The van der Waals surface area contributed by atoms with Crippen molar-refractivity contribution in [2.75, 3.05) is 5.32 Å². The van der Waals surface area contributed by atoms with E-state index in [2.05, 4.69) is 15.4 Å². The number of benzene rings is 1. The highest BCUT2D eigenvalue weighted by Crippen LogP contribution is 2.24. The molecule has 2 aromatic rings. The van der Waals surface area contributed by atoms with Crippen LogP contribution in [0.2, 0.25) is 0 Å². The Labute approximate surface area is 128 Å². The summed E-state index contributed by atoms with van der Waals surface area (Å²) >= 11 is 1.52. The second-order valence-electron chi connectivity index (χ2n) is 4.41. The Bertz CT molecular complexity index is 612. The number of halogens is 3. The van der Waals surface area contributed by atoms with Crippen LogP contribution in [0, 0.1) is 0 Å². The molecule has 1 atom stereocenters. The molecular formula is C14H13F3N2O2S. The van der Waals surface area contributed by atoms with Crippen LogP contribution in [0.15, 0.2) is 41.8 Å². The molecule has 4 nitrogen and oxygen atoms in total. The van der Waals surface area contributed by atoms with Crippen molar-refractivity contribution in [3.8, 4) is 5.75 Å². The van der Waals surface area contributed by atoms with E-state index in [1.165, 1.54) is 23.5 Å². The standard InChI is InChI=1S/C14H13F3N2O2S/c1-9(12-3-2-8-22-12)18-13(20)19-10-4-6-11(7-5-10)21-14(15,16)17/h2-9H,1H3,(H2,18,19,20). The summed E-state index contributed by atoms with van der Waals surface area (Å²) in [6.07, 6.45) is -4.73. The number of carbonyl (C=O) groups is 1. The zero-order valence-electron chi connectivity index (χ0n) is 11.5. The van der Waals surface area contributed by atoms with Gasteiger partial charge in [-0.15, -0.1) is 24.5 Å². The number of anilines is 1. The van der Waals surface area contributed by atoms with Gasteiger partial charge in [-0.05, 0) is 42.6 Å². The van der Waals surface area contributed by atoms with E-state index in [0.717, 1.165) is 17.0 Å². The van der Waals surface area contributed by atoms with Gasteiger partial charge in [-0.1, -0.05) is 6.07 Å². The lowest BCUT2D eigenvalue weighted by Gasteiger charge is -2.14. The van der Waals surface area contributed by atoms with E-state index in [0.29, 0.717) is 5.69 Å². The molecule has 0 bridgehead atoms. The number of hydrogen-bond donors (Lipinski definition) is 2. The van der Waals surface area contributed by atoms with Crippen LogP contribution in [0.3, 0.4) is 0 Å². The smallest absolute Gasteiger partial charge is 0.406 e. The third kappa shape index (κ3) is 4.96. The largest absolute Gasteiger partial charge is 0.573 e. The molecule has 1 heterocycles. The monoisotopic (exact) mass is 330 g/mol. The van der Waals surface area contributed by atoms with Crippen LogP contribution in [-0.4, -0.2) is 12.4 Å². The molecule has 22 heavy (non-hydrogen) atoms. The van der Waals surface area contributed by atoms with Crippen molar-refractivity contribution in [2.45, 2.75) is 19.3 Å². The summed E-state index contributed by atoms with van der Waals surface area (Å²) in [4.78, 5) is 12.8. The van der Waals surface area contributed by atoms with Gasteiger partial charge >= 0.3 is 12.4 Å². The van der Waals surface area contributed by atoms with Crippen molar-refractivity contribution in [2.24, 2.45) is 0 Å². The highest BCUT2D eigenvalue weighted by atomic mass is 32.1. The normalized spacial score (nSPS) is 12.5. The molecule has 0 radical (unpaired) electrons. The topological polar surface area (TPSA) is 50.4 Å². The molecule has 0 aliphatic heterocycles. The maximum Gasteiger partial charge on any atom is 0.573 e. The number of ether oxygens (including phenoxy) is 1. The number of nitrogens with one attached hydrogen (secondary N) is 2. The van der Waals surface area contributed by atoms with E-state index >= 15 is 0 Å². The minimum absolute atomic E-state index is 0.159. The van der Waals surface area contributed by atoms with E-state index in [1.807, 2.05) is 24.4 Å². The van der Waals surface area contributed by atoms with Crippen LogP contribution in [-0.2, 0) is 0 Å². The minimum atomic E-state index is -4.73. The minimum Gasteiger partial charge on any atom is -0.406 e. The molecule has 0 saturated carbocycles. The fourth-order valence-electron chi connectivity index (χ4n) is 1.71. The average Bonchev–Trinajstić information content (AvgIpc) is 2.93. The lowest BCUT2D eigenvalue weighted by molar-refractivity contribution is -0.274. The van der Waals surface area contributed by atoms with Crippen LogP contribution in [0.5, 0.6) is 5.75 Å². The SMILES string of the molecule is CC(NC(=O)Nc1ccc(OC(F)(F)F)cc1)c1cccs1. The number of hydrogen-bond acceptors (Lipinski definition) is 3. The Balaban J connectivity index is 1.89. The van der Waals surface area contributed by atoms with Gasteiger partial charge in [0.05, 0.1) is 6.04 Å². The second-order valence-corrected chi connectivity index (χ2v) is 5.39. The molecule has 0 spiro atoms. The highest BCUT2D eigenvalue weighted by molar-refractivity contribution is 7.10. The van der Waals surface area contributed by atoms with Crippen molar-refractivity contribution in [1.29, 1.82) is 0 Å². The Kier molecular flexibility index (Phi) is 4.92. The van der Waals surface area contributed by atoms with Gasteiger partial charge in [0.1, 0.15) is 5.75 Å². The van der Waals surface area contributed by atoms with Gasteiger partial charge in [0, 0.05) is 10.6 Å². The quantitative estimate of drug-likeness (QED) is 0.865. The Morgan fingerprint density at radius 1 is 1.23 bits per heavy atom. The number of alkyl halides is 3. The molecule has 8 heteroatoms. The van der Waals surface area contributed by atoms with Gasteiger partial charge in [0.15, 0.2) is 0 Å². The molecule has 0 aliphatic rings. The molecule has 2 N–H and O–H groups in total. The summed E-state index contributed by atoms with van der Waals surface area (Å²) in [6, 6.07) is 8.11. The first-order valence-electron chi connectivity index (χ1n) is 6.30. The van der Waals surface area contributed by atoms with E-state index < -0.39 is 12.4 Å². The third-order valence-electron chi connectivity index (χ3n) is 2.66. The zero-order chi connectivity index (χ0) is 16.2. The lowest BCUT2D eigenvalue weighted by Crippen LogP contribution is -2.30. The van der Waals surface area contributed by atoms with Crippen molar-refractivity contribution in [3.05, 3.63) is 46.7 Å². The van der Waals surface area contributed by atoms with E-state index in [9.17, 15) is 18.0 Å². The molecule has 1 aromatic heterocycles. The number of urea groups is 1. The summed E-state index contributed by atoms with van der Waals surface area (Å²) in [7, 11) is 0. The first kappa shape index (κ1) is 16.2. The average molecular weight is 330 g/mol. The molecule has 0 saturated heterocycles. The Morgan fingerprint density at radius 2 is 1.91 bits per heavy atom. The van der Waals surface area contributed by atoms with Crippen LogP contribution in [0.25, 0.3) is 0 Å². The Hall–Kier alpha value is -2.22. The first-order chi connectivity index (χ1) is 10.3. The fourth-order valence-corrected chi connectivity index (χ4v) is 2.45. The predicted octanol–water partition coefficient (Wildman–Crippen LogP) is 4.53. The van der Waals surface area contributed by atoms with Gasteiger partial charge < -0.3 is 15.4 Å². The molecular weight excluding hydrogens is 317 g/mol. The number of rotatable bonds is 4. The van der Waals surface area contributed by atoms with Crippen LogP contribution in [0.1, 0.15) is 17.8 Å². The van der Waals surface area contributed by atoms with Crippen LogP contribution in [0.4, 0.5) is 23.7 Å². The molecule has 2 amide bonds. The second kappa shape index (κ2) is 6.69. The molecule has 1 aromatic carbocycles. The lowest BCUT2D eigenvalue weighted by atomic mass is 10.3. The van der Waals surface area contributed by atoms with E-state index in [4.69, 9.17) is 0 Å². The van der Waals surface area contributed by atoms with Gasteiger partial charge in [0.2, 0.25) is 0 Å². The molecule has 118 valence electrons. The summed E-state index contributed by atoms with van der Waals surface area (Å²) in [5.41, 5.74) is 0.366. The van der Waals surface area contributed by atoms with Gasteiger partial charge in [-0.3, -0.25) is 0 Å². The molecule has 0 fully saturated rings. The van der Waals surface area contributed by atoms with Crippen molar-refractivity contribution >= 4 is 23.1 Å². The van der Waals surface area contributed by atoms with Gasteiger partial charge in [-0.25, -0.2) is 4.79 Å². The van der Waals surface area contributed by atoms with Gasteiger partial charge in [0.25, 0.3) is 0 Å². The first-order valence-corrected chi connectivity index (χ1v) is 7.18. The Morgan fingerprint density at radius 3 is 2.45 bits per heavy atom. The zero-order valence-corrected chi connectivity index (χ0v) is 12.3. The van der Waals surface area contributed by atoms with Crippen molar-refractivity contribution < 1.29 is 22.7 Å². The summed E-state index contributed by atoms with van der Waals surface area (Å²) < 4.78 is 39.8. The predicted molar refractivity (Wildman–Crippen MR) is 78.0 cm³/mol. The number of amides is 2. The summed E-state index contributed by atoms with van der Waals surface area (Å²) in [5, 5.41) is 7.18. The van der Waals surface area contributed by atoms with Crippen molar-refractivity contribution in [1.82, 2.24) is 5.32 Å². The summed E-state index contributed by atoms with van der Waals surface area (Å²) in [5.74, 6) is -0.342. The van der Waals surface area contributed by atoms with Crippen LogP contribution >= 0.6 is 11.3 Å². The maximum absolute atomic E-state index is 12.0. The fraction of sp³-hybridized carbons (Fsp3) is 0.214. The van der Waals surface area contributed by atoms with Crippen LogP contribution < -0.4 is 15.4 Å². The maximum atomic E-state index is 12.0. The highest BCUT2D eigenvalue weighted by Gasteiger charge is 2.30. The number of thiophene rings is 1. The van der Waals surface area contributed by atoms with E-state index in [-0.39, 0.29) is 11.8 Å². The number of carbonyl (C=O) groups excluding carboxylic acids is 1. The molecule has 1 unspecified atom stereocenters. The molecule has 0 aliphatic carbocycles.